The number of nitrogens with zero attached hydrogens (tertiary/aromatic N) is 1. The third kappa shape index (κ3) is 3.49. The molecule has 1 aliphatic rings. The average Bonchev–Trinajstić information content (AvgIpc) is 3.19. The first-order chi connectivity index (χ1) is 11.5. The van der Waals surface area contributed by atoms with Crippen LogP contribution in [-0.2, 0) is 9.59 Å². The van der Waals surface area contributed by atoms with Gasteiger partial charge in [-0.2, -0.15) is 0 Å². The van der Waals surface area contributed by atoms with Gasteiger partial charge in [0.25, 0.3) is 0 Å². The summed E-state index contributed by atoms with van der Waals surface area (Å²) < 4.78 is 5.33. The highest BCUT2D eigenvalue weighted by Gasteiger charge is 2.35. The van der Waals surface area contributed by atoms with Gasteiger partial charge in [0, 0.05) is 18.7 Å². The van der Waals surface area contributed by atoms with Crippen LogP contribution in [0.15, 0.2) is 46.9 Å². The second-order valence-electron chi connectivity index (χ2n) is 5.95. The van der Waals surface area contributed by atoms with Crippen LogP contribution >= 0.6 is 0 Å². The minimum atomic E-state index is -0.898. The number of aryl methyl sites for hydroxylation is 1. The number of anilines is 1. The summed E-state index contributed by atoms with van der Waals surface area (Å²) in [5.74, 6) is 0.410. The molecule has 1 aromatic carbocycles. The summed E-state index contributed by atoms with van der Waals surface area (Å²) >= 11 is 0. The van der Waals surface area contributed by atoms with E-state index in [0.29, 0.717) is 18.1 Å². The molecular formula is C18H20N2O4. The Morgan fingerprint density at radius 1 is 1.33 bits per heavy atom. The number of hydrogen-bond acceptors (Lipinski definition) is 4. The lowest BCUT2D eigenvalue weighted by atomic mass is 10.1. The summed E-state index contributed by atoms with van der Waals surface area (Å²) in [7, 11) is 0. The van der Waals surface area contributed by atoms with Gasteiger partial charge >= 0.3 is 0 Å². The fourth-order valence-corrected chi connectivity index (χ4v) is 2.82. The zero-order valence-electron chi connectivity index (χ0n) is 13.4. The first-order valence-electron chi connectivity index (χ1n) is 7.92. The smallest absolute Gasteiger partial charge is 0.227 e. The van der Waals surface area contributed by atoms with Gasteiger partial charge in [-0.1, -0.05) is 18.2 Å². The Bertz CT molecular complexity index is 726. The third-order valence-corrected chi connectivity index (χ3v) is 4.12. The molecule has 0 radical (unpaired) electrons. The minimum absolute atomic E-state index is 0.0574. The van der Waals surface area contributed by atoms with Crippen molar-refractivity contribution in [3.63, 3.8) is 0 Å². The van der Waals surface area contributed by atoms with Gasteiger partial charge in [-0.05, 0) is 31.2 Å². The fourth-order valence-electron chi connectivity index (χ4n) is 2.82. The molecule has 2 unspecified atom stereocenters. The summed E-state index contributed by atoms with van der Waals surface area (Å²) in [6.07, 6.45) is -0.721. The number of rotatable bonds is 5. The molecule has 0 spiro atoms. The van der Waals surface area contributed by atoms with E-state index in [1.807, 2.05) is 30.3 Å². The number of aliphatic hydroxyl groups is 1. The Labute approximate surface area is 140 Å². The zero-order valence-corrected chi connectivity index (χ0v) is 13.4. The highest BCUT2D eigenvalue weighted by atomic mass is 16.4. The van der Waals surface area contributed by atoms with E-state index in [9.17, 15) is 14.7 Å². The van der Waals surface area contributed by atoms with Gasteiger partial charge < -0.3 is 19.7 Å². The van der Waals surface area contributed by atoms with Crippen molar-refractivity contribution in [2.75, 3.05) is 18.0 Å². The number of para-hydroxylation sites is 1. The number of benzene rings is 1. The molecule has 2 heterocycles. The molecule has 0 bridgehead atoms. The van der Waals surface area contributed by atoms with Gasteiger partial charge in [-0.3, -0.25) is 9.59 Å². The van der Waals surface area contributed by atoms with Gasteiger partial charge in [0.2, 0.25) is 11.8 Å². The maximum Gasteiger partial charge on any atom is 0.227 e. The van der Waals surface area contributed by atoms with Gasteiger partial charge in [0.15, 0.2) is 0 Å². The molecule has 0 saturated carbocycles. The zero-order chi connectivity index (χ0) is 17.1. The Morgan fingerprint density at radius 2 is 2.08 bits per heavy atom. The summed E-state index contributed by atoms with van der Waals surface area (Å²) in [6.45, 7) is 2.20. The van der Waals surface area contributed by atoms with E-state index >= 15 is 0 Å². The summed E-state index contributed by atoms with van der Waals surface area (Å²) in [6, 6.07) is 12.7. The van der Waals surface area contributed by atoms with Crippen LogP contribution in [0.4, 0.5) is 5.69 Å². The lowest BCUT2D eigenvalue weighted by Crippen LogP contribution is -2.35. The van der Waals surface area contributed by atoms with Gasteiger partial charge in [-0.25, -0.2) is 0 Å². The predicted octanol–water partition coefficient (Wildman–Crippen LogP) is 1.79. The summed E-state index contributed by atoms with van der Waals surface area (Å²) in [5.41, 5.74) is 0.795. The number of aliphatic hydroxyl groups excluding tert-OH is 1. The van der Waals surface area contributed by atoms with Crippen LogP contribution in [0.2, 0.25) is 0 Å². The second-order valence-corrected chi connectivity index (χ2v) is 5.95. The quantitative estimate of drug-likeness (QED) is 0.876. The van der Waals surface area contributed by atoms with Gasteiger partial charge in [0.05, 0.1) is 12.5 Å². The van der Waals surface area contributed by atoms with E-state index in [4.69, 9.17) is 4.42 Å². The van der Waals surface area contributed by atoms with Crippen LogP contribution in [0.25, 0.3) is 0 Å². The topological polar surface area (TPSA) is 82.8 Å². The van der Waals surface area contributed by atoms with Crippen molar-refractivity contribution in [1.29, 1.82) is 0 Å². The number of amides is 2. The average molecular weight is 328 g/mol. The number of furan rings is 1. The highest BCUT2D eigenvalue weighted by Crippen LogP contribution is 2.25. The van der Waals surface area contributed by atoms with Crippen molar-refractivity contribution in [3.8, 4) is 0 Å². The fraction of sp³-hybridized carbons (Fsp3) is 0.333. The van der Waals surface area contributed by atoms with Crippen LogP contribution in [0, 0.1) is 12.8 Å². The molecule has 2 atom stereocenters. The molecule has 2 N–H and O–H groups in total. The molecule has 1 fully saturated rings. The monoisotopic (exact) mass is 328 g/mol. The Kier molecular flexibility index (Phi) is 4.66. The first kappa shape index (κ1) is 16.3. The lowest BCUT2D eigenvalue weighted by molar-refractivity contribution is -0.126. The van der Waals surface area contributed by atoms with Crippen molar-refractivity contribution in [2.24, 2.45) is 5.92 Å². The van der Waals surface area contributed by atoms with Crippen LogP contribution in [0.3, 0.4) is 0 Å². The van der Waals surface area contributed by atoms with Crippen molar-refractivity contribution < 1.29 is 19.1 Å². The van der Waals surface area contributed by atoms with Gasteiger partial charge in [0.1, 0.15) is 17.6 Å². The SMILES string of the molecule is Cc1ccc(C(O)CNC(=O)C2CC(=O)N(c3ccccc3)C2)o1. The standard InChI is InChI=1S/C18H20N2O4/c1-12-7-8-16(24-12)15(21)10-19-18(23)13-9-17(22)20(11-13)14-5-3-2-4-6-14/h2-8,13,15,21H,9-11H2,1H3,(H,19,23). The second kappa shape index (κ2) is 6.88. The molecule has 24 heavy (non-hydrogen) atoms. The number of hydrogen-bond donors (Lipinski definition) is 2. The largest absolute Gasteiger partial charge is 0.464 e. The molecular weight excluding hydrogens is 308 g/mol. The van der Waals surface area contributed by atoms with Crippen molar-refractivity contribution in [1.82, 2.24) is 5.32 Å². The first-order valence-corrected chi connectivity index (χ1v) is 7.92. The highest BCUT2D eigenvalue weighted by molar-refractivity contribution is 6.00. The molecule has 2 aromatic rings. The van der Waals surface area contributed by atoms with Crippen molar-refractivity contribution >= 4 is 17.5 Å². The van der Waals surface area contributed by atoms with Crippen molar-refractivity contribution in [3.05, 3.63) is 54.0 Å². The maximum absolute atomic E-state index is 12.3. The molecule has 1 aliphatic heterocycles. The molecule has 0 aliphatic carbocycles. The van der Waals surface area contributed by atoms with E-state index in [1.54, 1.807) is 24.0 Å². The maximum atomic E-state index is 12.3. The summed E-state index contributed by atoms with van der Waals surface area (Å²) in [5, 5.41) is 12.7. The predicted molar refractivity (Wildman–Crippen MR) is 88.3 cm³/mol. The Balaban J connectivity index is 1.55. The normalized spacial score (nSPS) is 18.7. The minimum Gasteiger partial charge on any atom is -0.464 e. The molecule has 1 aromatic heterocycles. The number of nitrogens with one attached hydrogen (secondary N) is 1. The number of carbonyl (C=O) groups is 2. The van der Waals surface area contributed by atoms with Crippen LogP contribution in [0.5, 0.6) is 0 Å². The Morgan fingerprint density at radius 3 is 2.75 bits per heavy atom. The van der Waals surface area contributed by atoms with Crippen LogP contribution < -0.4 is 10.2 Å². The molecule has 2 amide bonds. The van der Waals surface area contributed by atoms with E-state index < -0.39 is 12.0 Å². The molecule has 6 heteroatoms. The van der Waals surface area contributed by atoms with E-state index in [2.05, 4.69) is 5.32 Å². The lowest BCUT2D eigenvalue weighted by Gasteiger charge is -2.17. The molecule has 3 rings (SSSR count). The van der Waals surface area contributed by atoms with Crippen molar-refractivity contribution in [2.45, 2.75) is 19.4 Å². The van der Waals surface area contributed by atoms with E-state index in [0.717, 1.165) is 5.69 Å². The molecule has 1 saturated heterocycles. The van der Waals surface area contributed by atoms with Gasteiger partial charge in [-0.15, -0.1) is 0 Å². The molecule has 126 valence electrons. The van der Waals surface area contributed by atoms with Crippen LogP contribution in [-0.4, -0.2) is 30.0 Å². The van der Waals surface area contributed by atoms with Crippen LogP contribution in [0.1, 0.15) is 24.0 Å². The third-order valence-electron chi connectivity index (χ3n) is 4.12. The molecule has 6 nitrogen and oxygen atoms in total. The Hall–Kier alpha value is -2.60. The van der Waals surface area contributed by atoms with E-state index in [1.165, 1.54) is 0 Å². The summed E-state index contributed by atoms with van der Waals surface area (Å²) in [4.78, 5) is 26.0. The number of carbonyl (C=O) groups excluding carboxylic acids is 2. The van der Waals surface area contributed by atoms with E-state index in [-0.39, 0.29) is 24.8 Å².